The van der Waals surface area contributed by atoms with Gasteiger partial charge in [0, 0.05) is 18.9 Å². The van der Waals surface area contributed by atoms with E-state index in [1.165, 1.54) is 4.31 Å². The molecule has 0 amide bonds. The van der Waals surface area contributed by atoms with E-state index in [4.69, 9.17) is 14.3 Å². The van der Waals surface area contributed by atoms with Crippen LogP contribution in [0.25, 0.3) is 10.6 Å². The minimum Gasteiger partial charge on any atom is -0.494 e. The zero-order valence-corrected chi connectivity index (χ0v) is 17.9. The van der Waals surface area contributed by atoms with Crippen molar-refractivity contribution in [3.8, 4) is 16.4 Å². The summed E-state index contributed by atoms with van der Waals surface area (Å²) in [7, 11) is -3.80. The normalized spacial score (nSPS) is 15.9. The highest BCUT2D eigenvalue weighted by Gasteiger charge is 2.37. The smallest absolute Gasteiger partial charge is 0.303 e. The summed E-state index contributed by atoms with van der Waals surface area (Å²) >= 11 is 1.15. The molecule has 3 heterocycles. The lowest BCUT2D eigenvalue weighted by Gasteiger charge is -2.19. The summed E-state index contributed by atoms with van der Waals surface area (Å²) in [6.45, 7) is 2.57. The Balaban J connectivity index is 1.69. The standard InChI is InChI=1S/C21H21NO6S2/c1-2-27-15-6-7-17-16(12-15)14(5-9-20(23)24)13-22(17)30(25,26)21-10-8-19(29-21)18-4-3-11-28-18/h3-4,6-8,10-12,14H,2,5,9,13H2,1H3,(H,23,24). The van der Waals surface area contributed by atoms with Gasteiger partial charge in [0.2, 0.25) is 0 Å². The van der Waals surface area contributed by atoms with Crippen LogP contribution in [-0.2, 0) is 14.8 Å². The zero-order chi connectivity index (χ0) is 21.3. The fraction of sp³-hybridized carbons (Fsp3) is 0.286. The van der Waals surface area contributed by atoms with Crippen LogP contribution < -0.4 is 9.04 Å². The number of thiophene rings is 1. The van der Waals surface area contributed by atoms with Crippen LogP contribution in [0.1, 0.15) is 31.2 Å². The number of aliphatic carboxylic acids is 1. The number of hydrogen-bond acceptors (Lipinski definition) is 6. The number of anilines is 1. The molecule has 0 saturated heterocycles. The van der Waals surface area contributed by atoms with Crippen LogP contribution >= 0.6 is 11.3 Å². The van der Waals surface area contributed by atoms with Gasteiger partial charge in [-0.1, -0.05) is 0 Å². The number of nitrogens with zero attached hydrogens (tertiary/aromatic N) is 1. The summed E-state index contributed by atoms with van der Waals surface area (Å²) < 4.78 is 39.4. The predicted molar refractivity (Wildman–Crippen MR) is 114 cm³/mol. The molecule has 0 bridgehead atoms. The Labute approximate surface area is 178 Å². The Morgan fingerprint density at radius 1 is 1.30 bits per heavy atom. The highest BCUT2D eigenvalue weighted by Crippen LogP contribution is 2.44. The van der Waals surface area contributed by atoms with Crippen molar-refractivity contribution in [3.63, 3.8) is 0 Å². The molecule has 30 heavy (non-hydrogen) atoms. The number of rotatable bonds is 8. The van der Waals surface area contributed by atoms with E-state index in [9.17, 15) is 13.2 Å². The molecule has 1 atom stereocenters. The van der Waals surface area contributed by atoms with Gasteiger partial charge in [0.1, 0.15) is 15.7 Å². The molecule has 9 heteroatoms. The van der Waals surface area contributed by atoms with E-state index in [0.717, 1.165) is 21.8 Å². The van der Waals surface area contributed by atoms with Gasteiger partial charge in [-0.3, -0.25) is 9.10 Å². The Hall–Kier alpha value is -2.78. The molecule has 1 unspecified atom stereocenters. The monoisotopic (exact) mass is 447 g/mol. The van der Waals surface area contributed by atoms with Gasteiger partial charge in [0.25, 0.3) is 10.0 Å². The van der Waals surface area contributed by atoms with Crippen LogP contribution in [-0.4, -0.2) is 32.6 Å². The van der Waals surface area contributed by atoms with E-state index in [1.807, 2.05) is 13.0 Å². The number of hydrogen-bond donors (Lipinski definition) is 1. The van der Waals surface area contributed by atoms with Gasteiger partial charge in [0.05, 0.1) is 23.4 Å². The molecule has 0 radical (unpaired) electrons. The fourth-order valence-electron chi connectivity index (χ4n) is 3.63. The van der Waals surface area contributed by atoms with Crippen molar-refractivity contribution in [1.29, 1.82) is 0 Å². The minimum absolute atomic E-state index is 0.0293. The predicted octanol–water partition coefficient (Wildman–Crippen LogP) is 4.56. The van der Waals surface area contributed by atoms with Crippen LogP contribution in [0.2, 0.25) is 0 Å². The van der Waals surface area contributed by atoms with E-state index in [1.54, 1.807) is 42.7 Å². The topological polar surface area (TPSA) is 97.0 Å². The van der Waals surface area contributed by atoms with Crippen LogP contribution in [0.3, 0.4) is 0 Å². The molecule has 3 aromatic rings. The molecule has 158 valence electrons. The number of sulfonamides is 1. The third-order valence-corrected chi connectivity index (χ3v) is 8.35. The maximum atomic E-state index is 13.4. The third kappa shape index (κ3) is 3.82. The van der Waals surface area contributed by atoms with Crippen molar-refractivity contribution >= 4 is 33.0 Å². The first kappa shape index (κ1) is 20.5. The number of benzene rings is 1. The van der Waals surface area contributed by atoms with Gasteiger partial charge >= 0.3 is 5.97 Å². The van der Waals surface area contributed by atoms with Crippen LogP contribution in [0.4, 0.5) is 5.69 Å². The van der Waals surface area contributed by atoms with Gasteiger partial charge < -0.3 is 14.3 Å². The molecule has 0 saturated carbocycles. The largest absolute Gasteiger partial charge is 0.494 e. The first-order valence-corrected chi connectivity index (χ1v) is 11.8. The summed E-state index contributed by atoms with van der Waals surface area (Å²) in [4.78, 5) is 11.8. The van der Waals surface area contributed by atoms with Gasteiger partial charge in [0.15, 0.2) is 0 Å². The van der Waals surface area contributed by atoms with Crippen LogP contribution in [0, 0.1) is 0 Å². The minimum atomic E-state index is -3.80. The average Bonchev–Trinajstić information content (AvgIpc) is 3.45. The maximum Gasteiger partial charge on any atom is 0.303 e. The number of fused-ring (bicyclic) bond motifs is 1. The second kappa shape index (κ2) is 8.16. The lowest BCUT2D eigenvalue weighted by Crippen LogP contribution is -2.29. The molecular weight excluding hydrogens is 426 g/mol. The van der Waals surface area contributed by atoms with Gasteiger partial charge in [-0.2, -0.15) is 0 Å². The summed E-state index contributed by atoms with van der Waals surface area (Å²) in [5.41, 5.74) is 1.37. The van der Waals surface area contributed by atoms with Crippen molar-refractivity contribution in [2.45, 2.75) is 29.9 Å². The van der Waals surface area contributed by atoms with Gasteiger partial charge in [-0.25, -0.2) is 8.42 Å². The van der Waals surface area contributed by atoms with E-state index in [0.29, 0.717) is 30.2 Å². The van der Waals surface area contributed by atoms with Crippen molar-refractivity contribution in [1.82, 2.24) is 0 Å². The molecule has 0 spiro atoms. The number of ether oxygens (including phenoxy) is 1. The van der Waals surface area contributed by atoms with E-state index in [2.05, 4.69) is 0 Å². The molecule has 7 nitrogen and oxygen atoms in total. The SMILES string of the molecule is CCOc1ccc2c(c1)C(CCC(=O)O)CN2S(=O)(=O)c1ccc(-c2ccco2)s1. The molecule has 1 aromatic carbocycles. The summed E-state index contributed by atoms with van der Waals surface area (Å²) in [6.07, 6.45) is 1.87. The van der Waals surface area contributed by atoms with E-state index < -0.39 is 16.0 Å². The zero-order valence-electron chi connectivity index (χ0n) is 16.3. The van der Waals surface area contributed by atoms with Crippen molar-refractivity contribution in [2.24, 2.45) is 0 Å². The molecular formula is C21H21NO6S2. The van der Waals surface area contributed by atoms with Gasteiger partial charge in [-0.05, 0) is 61.4 Å². The van der Waals surface area contributed by atoms with Crippen molar-refractivity contribution in [2.75, 3.05) is 17.5 Å². The maximum absolute atomic E-state index is 13.4. The second-order valence-electron chi connectivity index (χ2n) is 6.92. The number of carboxylic acids is 1. The van der Waals surface area contributed by atoms with Gasteiger partial charge in [-0.15, -0.1) is 11.3 Å². The summed E-state index contributed by atoms with van der Waals surface area (Å²) in [5.74, 6) is 0.145. The first-order chi connectivity index (χ1) is 14.4. The molecule has 0 fully saturated rings. The van der Waals surface area contributed by atoms with Crippen LogP contribution in [0.15, 0.2) is 57.4 Å². The second-order valence-corrected chi connectivity index (χ2v) is 10.1. The molecule has 1 aliphatic rings. The third-order valence-electron chi connectivity index (χ3n) is 5.00. The number of furan rings is 1. The van der Waals surface area contributed by atoms with Crippen molar-refractivity contribution in [3.05, 3.63) is 54.3 Å². The summed E-state index contributed by atoms with van der Waals surface area (Å²) in [5, 5.41) is 9.09. The molecule has 1 N–H and O–H groups in total. The molecule has 2 aromatic heterocycles. The quantitative estimate of drug-likeness (QED) is 0.544. The van der Waals surface area contributed by atoms with Crippen LogP contribution in [0.5, 0.6) is 5.75 Å². The Morgan fingerprint density at radius 3 is 2.83 bits per heavy atom. The Bertz CT molecular complexity index is 1150. The highest BCUT2D eigenvalue weighted by molar-refractivity contribution is 7.94. The summed E-state index contributed by atoms with van der Waals surface area (Å²) in [6, 6.07) is 12.1. The van der Waals surface area contributed by atoms with E-state index in [-0.39, 0.29) is 23.1 Å². The van der Waals surface area contributed by atoms with Crippen molar-refractivity contribution < 1.29 is 27.5 Å². The lowest BCUT2D eigenvalue weighted by atomic mass is 9.96. The lowest BCUT2D eigenvalue weighted by molar-refractivity contribution is -0.137. The first-order valence-electron chi connectivity index (χ1n) is 9.55. The number of carboxylic acid groups (broad SMARTS) is 1. The molecule has 0 aliphatic carbocycles. The average molecular weight is 448 g/mol. The molecule has 1 aliphatic heterocycles. The fourth-order valence-corrected chi connectivity index (χ4v) is 6.56. The Kier molecular flexibility index (Phi) is 5.57. The highest BCUT2D eigenvalue weighted by atomic mass is 32.2. The molecule has 4 rings (SSSR count). The Morgan fingerprint density at radius 2 is 2.13 bits per heavy atom. The number of carbonyl (C=O) groups is 1. The van der Waals surface area contributed by atoms with E-state index >= 15 is 0 Å².